The highest BCUT2D eigenvalue weighted by Gasteiger charge is 2.14. The summed E-state index contributed by atoms with van der Waals surface area (Å²) in [6.07, 6.45) is 0. The molecule has 0 saturated carbocycles. The van der Waals surface area contributed by atoms with E-state index in [1.165, 1.54) is 64.6 Å². The molecular formula is C35H25NS. The van der Waals surface area contributed by atoms with Crippen molar-refractivity contribution in [3.63, 3.8) is 0 Å². The van der Waals surface area contributed by atoms with Crippen LogP contribution < -0.4 is 4.90 Å². The van der Waals surface area contributed by atoms with E-state index >= 15 is 0 Å². The zero-order valence-corrected chi connectivity index (χ0v) is 21.4. The summed E-state index contributed by atoms with van der Waals surface area (Å²) in [4.78, 5) is 2.23. The normalized spacial score (nSPS) is 11.4. The smallest absolute Gasteiger partial charge is 0.0408 e. The lowest BCUT2D eigenvalue weighted by Crippen LogP contribution is -2.08. The average Bonchev–Trinajstić information content (AvgIpc) is 3.34. The summed E-state index contributed by atoms with van der Waals surface area (Å²) in [5, 5.41) is 5.19. The SMILES string of the molecule is CN(c1ccccc1)c1ccc(-c2cc3sc4ccccc4c3cc2-c2ccc3ccccc3c2)cc1. The third kappa shape index (κ3) is 3.87. The van der Waals surface area contributed by atoms with Gasteiger partial charge in [-0.05, 0) is 81.6 Å². The molecule has 0 saturated heterocycles. The lowest BCUT2D eigenvalue weighted by Gasteiger charge is -2.20. The zero-order valence-electron chi connectivity index (χ0n) is 20.6. The van der Waals surface area contributed by atoms with Crippen molar-refractivity contribution in [2.24, 2.45) is 0 Å². The highest BCUT2D eigenvalue weighted by atomic mass is 32.1. The van der Waals surface area contributed by atoms with Crippen LogP contribution in [0.5, 0.6) is 0 Å². The van der Waals surface area contributed by atoms with Gasteiger partial charge in [-0.15, -0.1) is 11.3 Å². The van der Waals surface area contributed by atoms with Gasteiger partial charge in [0.2, 0.25) is 0 Å². The van der Waals surface area contributed by atoms with Gasteiger partial charge in [-0.3, -0.25) is 0 Å². The van der Waals surface area contributed by atoms with Crippen molar-refractivity contribution in [2.75, 3.05) is 11.9 Å². The van der Waals surface area contributed by atoms with Gasteiger partial charge in [0.15, 0.2) is 0 Å². The molecule has 0 amide bonds. The van der Waals surface area contributed by atoms with Crippen LogP contribution in [-0.2, 0) is 0 Å². The molecule has 0 fully saturated rings. The Kier molecular flexibility index (Phi) is 5.27. The van der Waals surface area contributed by atoms with E-state index in [4.69, 9.17) is 0 Å². The molecule has 7 aromatic rings. The topological polar surface area (TPSA) is 3.24 Å². The molecular weight excluding hydrogens is 466 g/mol. The first-order valence-electron chi connectivity index (χ1n) is 12.6. The molecule has 0 N–H and O–H groups in total. The monoisotopic (exact) mass is 491 g/mol. The van der Waals surface area contributed by atoms with Gasteiger partial charge in [0, 0.05) is 38.6 Å². The van der Waals surface area contributed by atoms with E-state index < -0.39 is 0 Å². The third-order valence-electron chi connectivity index (χ3n) is 7.29. The van der Waals surface area contributed by atoms with Gasteiger partial charge in [0.05, 0.1) is 0 Å². The van der Waals surface area contributed by atoms with E-state index in [1.807, 2.05) is 11.3 Å². The fourth-order valence-electron chi connectivity index (χ4n) is 5.27. The third-order valence-corrected chi connectivity index (χ3v) is 8.42. The maximum absolute atomic E-state index is 2.40. The average molecular weight is 492 g/mol. The number of hydrogen-bond acceptors (Lipinski definition) is 2. The van der Waals surface area contributed by atoms with Crippen LogP contribution >= 0.6 is 11.3 Å². The highest BCUT2D eigenvalue weighted by Crippen LogP contribution is 2.42. The lowest BCUT2D eigenvalue weighted by molar-refractivity contribution is 1.21. The first-order chi connectivity index (χ1) is 18.2. The second-order valence-electron chi connectivity index (χ2n) is 9.50. The van der Waals surface area contributed by atoms with Crippen molar-refractivity contribution in [1.29, 1.82) is 0 Å². The molecule has 0 spiro atoms. The minimum atomic E-state index is 1.17. The molecule has 0 bridgehead atoms. The molecule has 0 aliphatic rings. The molecule has 7 rings (SSSR count). The van der Waals surface area contributed by atoms with Crippen LogP contribution in [0.1, 0.15) is 0 Å². The minimum absolute atomic E-state index is 1.17. The number of para-hydroxylation sites is 1. The number of rotatable bonds is 4. The maximum atomic E-state index is 2.40. The van der Waals surface area contributed by atoms with Crippen LogP contribution in [0.4, 0.5) is 11.4 Å². The Morgan fingerprint density at radius 2 is 1.11 bits per heavy atom. The van der Waals surface area contributed by atoms with Gasteiger partial charge in [-0.2, -0.15) is 0 Å². The van der Waals surface area contributed by atoms with E-state index in [0.717, 1.165) is 0 Å². The molecule has 37 heavy (non-hydrogen) atoms. The van der Waals surface area contributed by atoms with E-state index in [0.29, 0.717) is 0 Å². The Bertz CT molecular complexity index is 1880. The summed E-state index contributed by atoms with van der Waals surface area (Å²) in [6, 6.07) is 48.4. The van der Waals surface area contributed by atoms with Gasteiger partial charge in [0.25, 0.3) is 0 Å². The van der Waals surface area contributed by atoms with Crippen molar-refractivity contribution in [1.82, 2.24) is 0 Å². The van der Waals surface area contributed by atoms with Gasteiger partial charge in [-0.1, -0.05) is 84.9 Å². The molecule has 0 atom stereocenters. The summed E-state index contributed by atoms with van der Waals surface area (Å²) in [5.74, 6) is 0. The summed E-state index contributed by atoms with van der Waals surface area (Å²) < 4.78 is 2.66. The van der Waals surface area contributed by atoms with Crippen molar-refractivity contribution >= 4 is 53.7 Å². The lowest BCUT2D eigenvalue weighted by atomic mass is 9.91. The van der Waals surface area contributed by atoms with Crippen LogP contribution in [0, 0.1) is 0 Å². The van der Waals surface area contributed by atoms with Crippen LogP contribution in [0.2, 0.25) is 0 Å². The molecule has 2 heteroatoms. The number of benzene rings is 6. The molecule has 1 aromatic heterocycles. The Balaban J connectivity index is 1.41. The standard InChI is InChI=1S/C35H25NS/c1-36(28-11-3-2-4-12-28)29-19-17-25(18-20-29)32-23-35-33(30-13-7-8-14-34(30)37-35)22-31(32)27-16-15-24-9-5-6-10-26(24)21-27/h2-23H,1H3. The Labute approximate surface area is 220 Å². The number of thiophene rings is 1. The van der Waals surface area contributed by atoms with Gasteiger partial charge in [0.1, 0.15) is 0 Å². The molecule has 1 nitrogen and oxygen atoms in total. The fraction of sp³-hybridized carbons (Fsp3) is 0.0286. The Morgan fingerprint density at radius 1 is 0.459 bits per heavy atom. The number of anilines is 2. The van der Waals surface area contributed by atoms with Gasteiger partial charge in [-0.25, -0.2) is 0 Å². The largest absolute Gasteiger partial charge is 0.345 e. The summed E-state index contributed by atoms with van der Waals surface area (Å²) >= 11 is 1.87. The molecule has 0 aliphatic heterocycles. The first-order valence-corrected chi connectivity index (χ1v) is 13.4. The number of hydrogen-bond donors (Lipinski definition) is 0. The van der Waals surface area contributed by atoms with Crippen LogP contribution in [0.25, 0.3) is 53.2 Å². The molecule has 176 valence electrons. The Morgan fingerprint density at radius 3 is 1.95 bits per heavy atom. The molecule has 0 radical (unpaired) electrons. The summed E-state index contributed by atoms with van der Waals surface area (Å²) in [6.45, 7) is 0. The molecule has 1 heterocycles. The predicted molar refractivity (Wildman–Crippen MR) is 162 cm³/mol. The number of fused-ring (bicyclic) bond motifs is 4. The maximum Gasteiger partial charge on any atom is 0.0408 e. The zero-order chi connectivity index (χ0) is 24.8. The summed E-state index contributed by atoms with van der Waals surface area (Å²) in [7, 11) is 2.12. The van der Waals surface area contributed by atoms with Crippen molar-refractivity contribution in [2.45, 2.75) is 0 Å². The quantitative estimate of drug-likeness (QED) is 0.237. The Hall–Kier alpha value is -4.40. The predicted octanol–water partition coefficient (Wildman–Crippen LogP) is 10.3. The van der Waals surface area contributed by atoms with Crippen LogP contribution in [-0.4, -0.2) is 7.05 Å². The fourth-order valence-corrected chi connectivity index (χ4v) is 6.40. The molecule has 6 aromatic carbocycles. The van der Waals surface area contributed by atoms with E-state index in [9.17, 15) is 0 Å². The van der Waals surface area contributed by atoms with E-state index in [-0.39, 0.29) is 0 Å². The first kappa shape index (κ1) is 21.8. The van der Waals surface area contributed by atoms with Crippen molar-refractivity contribution in [3.05, 3.63) is 133 Å². The molecule has 0 aliphatic carbocycles. The van der Waals surface area contributed by atoms with Crippen LogP contribution in [0.3, 0.4) is 0 Å². The second kappa shape index (κ2) is 8.92. The second-order valence-corrected chi connectivity index (χ2v) is 10.6. The van der Waals surface area contributed by atoms with Crippen molar-refractivity contribution < 1.29 is 0 Å². The summed E-state index contributed by atoms with van der Waals surface area (Å²) in [5.41, 5.74) is 7.36. The van der Waals surface area contributed by atoms with E-state index in [2.05, 4.69) is 145 Å². The van der Waals surface area contributed by atoms with E-state index in [1.54, 1.807) is 0 Å². The highest BCUT2D eigenvalue weighted by molar-refractivity contribution is 7.25. The minimum Gasteiger partial charge on any atom is -0.345 e. The molecule has 0 unspecified atom stereocenters. The van der Waals surface area contributed by atoms with Gasteiger partial charge < -0.3 is 4.90 Å². The van der Waals surface area contributed by atoms with Crippen molar-refractivity contribution in [3.8, 4) is 22.3 Å². The van der Waals surface area contributed by atoms with Crippen LogP contribution in [0.15, 0.2) is 133 Å². The number of nitrogens with zero attached hydrogens (tertiary/aromatic N) is 1. The van der Waals surface area contributed by atoms with Gasteiger partial charge >= 0.3 is 0 Å².